The number of nitrogens with one attached hydrogen (secondary N) is 1. The highest BCUT2D eigenvalue weighted by Gasteiger charge is 2.26. The van der Waals surface area contributed by atoms with Crippen LogP contribution in [0.4, 0.5) is 10.2 Å². The van der Waals surface area contributed by atoms with Gasteiger partial charge in [-0.2, -0.15) is 5.10 Å². The molecule has 0 aliphatic heterocycles. The average molecular weight is 421 g/mol. The van der Waals surface area contributed by atoms with Crippen LogP contribution in [0, 0.1) is 5.82 Å². The lowest BCUT2D eigenvalue weighted by Gasteiger charge is -2.16. The number of benzene rings is 1. The molecule has 1 saturated carbocycles. The standard InChI is InChI=1S/C23H24FN5O2/c1-14(17-11-16(24)5-6-20(17)30)26-22-8-10-29-23(27-22)18(12-25-29)15-7-9-28(13-15)19-3-2-4-21(19)31/h5-14,19,21,30-31H,2-4H2,1H3,(H,26,27). The molecule has 0 bridgehead atoms. The Balaban J connectivity index is 1.44. The van der Waals surface area contributed by atoms with Gasteiger partial charge in [0.1, 0.15) is 17.4 Å². The molecule has 4 aromatic rings. The van der Waals surface area contributed by atoms with Crippen molar-refractivity contribution in [1.82, 2.24) is 19.2 Å². The zero-order valence-electron chi connectivity index (χ0n) is 17.1. The zero-order valence-corrected chi connectivity index (χ0v) is 17.1. The summed E-state index contributed by atoms with van der Waals surface area (Å²) in [4.78, 5) is 4.71. The smallest absolute Gasteiger partial charge is 0.165 e. The fourth-order valence-corrected chi connectivity index (χ4v) is 4.37. The van der Waals surface area contributed by atoms with Crippen molar-refractivity contribution in [3.05, 3.63) is 66.5 Å². The Hall–Kier alpha value is -3.39. The van der Waals surface area contributed by atoms with Gasteiger partial charge in [-0.1, -0.05) is 0 Å². The number of rotatable bonds is 5. The number of hydrogen-bond donors (Lipinski definition) is 3. The van der Waals surface area contributed by atoms with Crippen molar-refractivity contribution >= 4 is 11.5 Å². The maximum absolute atomic E-state index is 13.6. The molecule has 3 N–H and O–H groups in total. The number of aromatic nitrogens is 4. The molecule has 0 amide bonds. The van der Waals surface area contributed by atoms with Gasteiger partial charge >= 0.3 is 0 Å². The van der Waals surface area contributed by atoms with Crippen LogP contribution in [0.2, 0.25) is 0 Å². The number of fused-ring (bicyclic) bond motifs is 1. The summed E-state index contributed by atoms with van der Waals surface area (Å²) < 4.78 is 17.4. The number of nitrogens with zero attached hydrogens (tertiary/aromatic N) is 4. The van der Waals surface area contributed by atoms with Gasteiger partial charge < -0.3 is 20.1 Å². The van der Waals surface area contributed by atoms with Crippen LogP contribution < -0.4 is 5.32 Å². The lowest BCUT2D eigenvalue weighted by Crippen LogP contribution is -2.16. The zero-order chi connectivity index (χ0) is 21.5. The number of aliphatic hydroxyl groups is 1. The van der Waals surface area contributed by atoms with Gasteiger partial charge in [-0.05, 0) is 56.5 Å². The normalized spacial score (nSPS) is 19.7. The van der Waals surface area contributed by atoms with Crippen LogP contribution in [0.5, 0.6) is 5.75 Å². The second kappa shape index (κ2) is 7.70. The van der Waals surface area contributed by atoms with E-state index in [0.717, 1.165) is 30.4 Å². The number of aromatic hydroxyl groups is 1. The van der Waals surface area contributed by atoms with Crippen molar-refractivity contribution in [2.75, 3.05) is 5.32 Å². The Kier molecular flexibility index (Phi) is 4.86. The van der Waals surface area contributed by atoms with E-state index in [9.17, 15) is 14.6 Å². The highest BCUT2D eigenvalue weighted by Crippen LogP contribution is 2.33. The topological polar surface area (TPSA) is 87.6 Å². The van der Waals surface area contributed by atoms with Crippen molar-refractivity contribution in [3.8, 4) is 16.9 Å². The first kappa shape index (κ1) is 19.6. The molecule has 3 atom stereocenters. The van der Waals surface area contributed by atoms with E-state index in [1.54, 1.807) is 16.8 Å². The molecule has 31 heavy (non-hydrogen) atoms. The van der Waals surface area contributed by atoms with Crippen LogP contribution in [0.3, 0.4) is 0 Å². The minimum atomic E-state index is -0.403. The summed E-state index contributed by atoms with van der Waals surface area (Å²) in [5, 5.41) is 27.9. The Morgan fingerprint density at radius 1 is 1.19 bits per heavy atom. The Labute approximate surface area is 178 Å². The highest BCUT2D eigenvalue weighted by molar-refractivity contribution is 5.77. The van der Waals surface area contributed by atoms with E-state index in [1.807, 2.05) is 31.6 Å². The van der Waals surface area contributed by atoms with Gasteiger partial charge in [-0.25, -0.2) is 13.9 Å². The largest absolute Gasteiger partial charge is 0.508 e. The molecule has 160 valence electrons. The van der Waals surface area contributed by atoms with Gasteiger partial charge in [0.05, 0.1) is 24.4 Å². The number of phenolic OH excluding ortho intramolecular Hbond substituents is 1. The molecule has 1 aromatic carbocycles. The fourth-order valence-electron chi connectivity index (χ4n) is 4.37. The summed E-state index contributed by atoms with van der Waals surface area (Å²) in [7, 11) is 0. The SMILES string of the molecule is CC(Nc1ccn2ncc(-c3ccn(C4CCCC4O)c3)c2n1)c1cc(F)ccc1O. The third-order valence-electron chi connectivity index (χ3n) is 6.04. The fraction of sp³-hybridized carbons (Fsp3) is 0.304. The van der Waals surface area contributed by atoms with Crippen LogP contribution in [-0.2, 0) is 0 Å². The molecule has 3 unspecified atom stereocenters. The molecule has 8 heteroatoms. The first-order chi connectivity index (χ1) is 15.0. The number of hydrogen-bond acceptors (Lipinski definition) is 5. The molecule has 1 aliphatic carbocycles. The van der Waals surface area contributed by atoms with E-state index in [-0.39, 0.29) is 23.9 Å². The van der Waals surface area contributed by atoms with E-state index in [4.69, 9.17) is 4.98 Å². The molecule has 0 spiro atoms. The number of aliphatic hydroxyl groups excluding tert-OH is 1. The minimum absolute atomic E-state index is 0.0305. The third-order valence-corrected chi connectivity index (χ3v) is 6.04. The van der Waals surface area contributed by atoms with Crippen molar-refractivity contribution < 1.29 is 14.6 Å². The summed E-state index contributed by atoms with van der Waals surface area (Å²) in [6.07, 6.45) is 10.2. The van der Waals surface area contributed by atoms with Gasteiger partial charge in [0.25, 0.3) is 0 Å². The lowest BCUT2D eigenvalue weighted by atomic mass is 10.1. The van der Waals surface area contributed by atoms with Crippen molar-refractivity contribution in [3.63, 3.8) is 0 Å². The van der Waals surface area contributed by atoms with Crippen LogP contribution in [0.15, 0.2) is 55.1 Å². The van der Waals surface area contributed by atoms with Crippen molar-refractivity contribution in [1.29, 1.82) is 0 Å². The third kappa shape index (κ3) is 3.63. The molecular weight excluding hydrogens is 397 g/mol. The summed E-state index contributed by atoms with van der Waals surface area (Å²) in [5.74, 6) is 0.221. The van der Waals surface area contributed by atoms with Crippen molar-refractivity contribution in [2.24, 2.45) is 0 Å². The van der Waals surface area contributed by atoms with Crippen LogP contribution in [-0.4, -0.2) is 35.5 Å². The molecule has 1 fully saturated rings. The predicted octanol–water partition coefficient (Wildman–Crippen LogP) is 4.30. The molecule has 7 nitrogen and oxygen atoms in total. The molecule has 0 radical (unpaired) electrons. The number of halogens is 1. The van der Waals surface area contributed by atoms with E-state index < -0.39 is 5.82 Å². The Morgan fingerprint density at radius 3 is 2.87 bits per heavy atom. The number of anilines is 1. The van der Waals surface area contributed by atoms with Crippen LogP contribution >= 0.6 is 0 Å². The molecule has 1 aliphatic rings. The summed E-state index contributed by atoms with van der Waals surface area (Å²) in [6.45, 7) is 1.84. The van der Waals surface area contributed by atoms with Crippen LogP contribution in [0.1, 0.15) is 43.8 Å². The van der Waals surface area contributed by atoms with Gasteiger partial charge in [-0.15, -0.1) is 0 Å². The van der Waals surface area contributed by atoms with Gasteiger partial charge in [-0.3, -0.25) is 0 Å². The molecule has 5 rings (SSSR count). The second-order valence-electron chi connectivity index (χ2n) is 8.12. The predicted molar refractivity (Wildman–Crippen MR) is 115 cm³/mol. The average Bonchev–Trinajstić information content (AvgIpc) is 3.48. The van der Waals surface area contributed by atoms with E-state index in [1.165, 1.54) is 18.2 Å². The van der Waals surface area contributed by atoms with E-state index >= 15 is 0 Å². The first-order valence-electron chi connectivity index (χ1n) is 10.4. The van der Waals surface area contributed by atoms with Crippen LogP contribution in [0.25, 0.3) is 16.8 Å². The maximum Gasteiger partial charge on any atom is 0.165 e. The quantitative estimate of drug-likeness (QED) is 0.447. The van der Waals surface area contributed by atoms with E-state index in [2.05, 4.69) is 15.0 Å². The lowest BCUT2D eigenvalue weighted by molar-refractivity contribution is 0.136. The van der Waals surface area contributed by atoms with Gasteiger partial charge in [0.2, 0.25) is 0 Å². The number of phenols is 1. The summed E-state index contributed by atoms with van der Waals surface area (Å²) >= 11 is 0. The Morgan fingerprint density at radius 2 is 2.06 bits per heavy atom. The maximum atomic E-state index is 13.6. The summed E-state index contributed by atoms with van der Waals surface area (Å²) in [6, 6.07) is 7.46. The molecule has 0 saturated heterocycles. The van der Waals surface area contributed by atoms with Crippen molar-refractivity contribution in [2.45, 2.75) is 44.4 Å². The molecule has 3 aromatic heterocycles. The molecule has 3 heterocycles. The minimum Gasteiger partial charge on any atom is -0.508 e. The highest BCUT2D eigenvalue weighted by atomic mass is 19.1. The van der Waals surface area contributed by atoms with E-state index in [0.29, 0.717) is 17.0 Å². The Bertz CT molecular complexity index is 1230. The monoisotopic (exact) mass is 421 g/mol. The first-order valence-corrected chi connectivity index (χ1v) is 10.4. The van der Waals surface area contributed by atoms with Gasteiger partial charge in [0.15, 0.2) is 5.65 Å². The molecular formula is C23H24FN5O2. The van der Waals surface area contributed by atoms with Gasteiger partial charge in [0, 0.05) is 35.3 Å². The second-order valence-corrected chi connectivity index (χ2v) is 8.12. The summed E-state index contributed by atoms with van der Waals surface area (Å²) in [5.41, 5.74) is 3.01.